The fourth-order valence-corrected chi connectivity index (χ4v) is 2.24. The van der Waals surface area contributed by atoms with E-state index in [0.717, 1.165) is 18.7 Å². The average molecular weight is 281 g/mol. The van der Waals surface area contributed by atoms with Crippen molar-refractivity contribution in [1.82, 2.24) is 15.1 Å². The summed E-state index contributed by atoms with van der Waals surface area (Å²) < 4.78 is 6.96. The van der Waals surface area contributed by atoms with Gasteiger partial charge in [0, 0.05) is 32.3 Å². The van der Waals surface area contributed by atoms with E-state index in [1.807, 2.05) is 6.92 Å². The van der Waals surface area contributed by atoms with Gasteiger partial charge in [0.25, 0.3) is 0 Å². The average Bonchev–Trinajstić information content (AvgIpc) is 2.62. The van der Waals surface area contributed by atoms with E-state index in [0.29, 0.717) is 25.5 Å². The van der Waals surface area contributed by atoms with Crippen LogP contribution in [0.2, 0.25) is 0 Å². The molecule has 1 heterocycles. The van der Waals surface area contributed by atoms with E-state index in [9.17, 15) is 4.79 Å². The Kier molecular flexibility index (Phi) is 6.71. The topological polar surface area (TPSA) is 56.1 Å². The molecule has 114 valence electrons. The van der Waals surface area contributed by atoms with Crippen LogP contribution in [0.5, 0.6) is 0 Å². The van der Waals surface area contributed by atoms with Gasteiger partial charge in [0.15, 0.2) is 0 Å². The molecule has 1 N–H and O–H groups in total. The van der Waals surface area contributed by atoms with Crippen LogP contribution in [0.1, 0.15) is 37.2 Å². The predicted molar refractivity (Wildman–Crippen MR) is 79.7 cm³/mol. The number of hydrogen-bond donors (Lipinski definition) is 1. The van der Waals surface area contributed by atoms with E-state index in [1.54, 1.807) is 7.11 Å². The molecule has 0 radical (unpaired) electrons. The van der Waals surface area contributed by atoms with Crippen molar-refractivity contribution in [2.75, 3.05) is 20.3 Å². The Bertz CT molecular complexity index is 439. The Morgan fingerprint density at radius 1 is 1.40 bits per heavy atom. The van der Waals surface area contributed by atoms with Gasteiger partial charge < -0.3 is 10.1 Å². The van der Waals surface area contributed by atoms with Crippen LogP contribution in [0.25, 0.3) is 0 Å². The third kappa shape index (κ3) is 4.96. The molecule has 0 unspecified atom stereocenters. The van der Waals surface area contributed by atoms with Crippen molar-refractivity contribution in [3.63, 3.8) is 0 Å². The number of aryl methyl sites for hydroxylation is 1. The number of rotatable bonds is 8. The van der Waals surface area contributed by atoms with Crippen molar-refractivity contribution in [3.05, 3.63) is 17.0 Å². The summed E-state index contributed by atoms with van der Waals surface area (Å²) in [4.78, 5) is 11.7. The van der Waals surface area contributed by atoms with Gasteiger partial charge in [-0.05, 0) is 31.7 Å². The highest BCUT2D eigenvalue weighted by Gasteiger charge is 2.13. The Hall–Kier alpha value is -1.36. The summed E-state index contributed by atoms with van der Waals surface area (Å²) in [6.07, 6.45) is 1.24. The number of carbonyl (C=O) groups excluding carboxylic acids is 1. The lowest BCUT2D eigenvalue weighted by Gasteiger charge is -2.08. The lowest BCUT2D eigenvalue weighted by atomic mass is 10.1. The lowest BCUT2D eigenvalue weighted by Crippen LogP contribution is -2.27. The largest absolute Gasteiger partial charge is 0.383 e. The van der Waals surface area contributed by atoms with E-state index in [4.69, 9.17) is 4.74 Å². The minimum absolute atomic E-state index is 0.0671. The molecule has 0 aliphatic carbocycles. The summed E-state index contributed by atoms with van der Waals surface area (Å²) in [5.74, 6) is 0.635. The van der Waals surface area contributed by atoms with Crippen LogP contribution in [0.15, 0.2) is 0 Å². The predicted octanol–water partition coefficient (Wildman–Crippen LogP) is 1.85. The number of hydrogen-bond acceptors (Lipinski definition) is 3. The maximum atomic E-state index is 11.7. The molecular weight excluding hydrogens is 254 g/mol. The van der Waals surface area contributed by atoms with E-state index in [1.165, 1.54) is 11.3 Å². The van der Waals surface area contributed by atoms with Crippen LogP contribution in [-0.4, -0.2) is 35.9 Å². The second kappa shape index (κ2) is 8.04. The molecule has 0 aliphatic heterocycles. The van der Waals surface area contributed by atoms with E-state index < -0.39 is 0 Å². The Morgan fingerprint density at radius 3 is 2.70 bits per heavy atom. The monoisotopic (exact) mass is 281 g/mol. The first-order chi connectivity index (χ1) is 9.45. The molecule has 1 amide bonds. The summed E-state index contributed by atoms with van der Waals surface area (Å²) in [5.41, 5.74) is 3.42. The maximum Gasteiger partial charge on any atom is 0.220 e. The Labute approximate surface area is 121 Å². The maximum absolute atomic E-state index is 11.7. The molecule has 0 spiro atoms. The number of aromatic nitrogens is 2. The summed E-state index contributed by atoms with van der Waals surface area (Å²) >= 11 is 0. The van der Waals surface area contributed by atoms with Gasteiger partial charge in [-0.3, -0.25) is 9.48 Å². The highest BCUT2D eigenvalue weighted by molar-refractivity contribution is 5.76. The number of ether oxygens (including phenoxy) is 1. The number of carbonyl (C=O) groups is 1. The van der Waals surface area contributed by atoms with Crippen molar-refractivity contribution in [3.8, 4) is 0 Å². The molecule has 20 heavy (non-hydrogen) atoms. The van der Waals surface area contributed by atoms with Gasteiger partial charge in [0.2, 0.25) is 5.91 Å². The molecule has 0 aliphatic rings. The van der Waals surface area contributed by atoms with Crippen LogP contribution < -0.4 is 5.32 Å². The van der Waals surface area contributed by atoms with Gasteiger partial charge in [0.05, 0.1) is 12.3 Å². The quantitative estimate of drug-likeness (QED) is 0.740. The fraction of sp³-hybridized carbons (Fsp3) is 0.733. The molecule has 0 fully saturated rings. The third-order valence-corrected chi connectivity index (χ3v) is 3.30. The fourth-order valence-electron chi connectivity index (χ4n) is 2.24. The normalized spacial score (nSPS) is 11.1. The first kappa shape index (κ1) is 16.7. The molecule has 0 bridgehead atoms. The minimum Gasteiger partial charge on any atom is -0.383 e. The Morgan fingerprint density at radius 2 is 2.10 bits per heavy atom. The van der Waals surface area contributed by atoms with Crippen molar-refractivity contribution in [2.45, 2.75) is 47.1 Å². The molecule has 0 aromatic carbocycles. The van der Waals surface area contributed by atoms with Gasteiger partial charge in [0.1, 0.15) is 0 Å². The van der Waals surface area contributed by atoms with Crippen molar-refractivity contribution < 1.29 is 9.53 Å². The molecule has 5 nitrogen and oxygen atoms in total. The highest BCUT2D eigenvalue weighted by Crippen LogP contribution is 2.16. The molecule has 0 saturated carbocycles. The molecular formula is C15H27N3O2. The van der Waals surface area contributed by atoms with Crippen molar-refractivity contribution >= 4 is 5.91 Å². The SMILES string of the molecule is COCCNC(=O)CCc1c(C)nn(CC(C)C)c1C. The molecule has 1 aromatic rings. The summed E-state index contributed by atoms with van der Waals surface area (Å²) in [6, 6.07) is 0. The van der Waals surface area contributed by atoms with Crippen LogP contribution >= 0.6 is 0 Å². The van der Waals surface area contributed by atoms with Crippen LogP contribution in [0.4, 0.5) is 0 Å². The van der Waals surface area contributed by atoms with Gasteiger partial charge >= 0.3 is 0 Å². The highest BCUT2D eigenvalue weighted by atomic mass is 16.5. The standard InChI is InChI=1S/C15H27N3O2/c1-11(2)10-18-13(4)14(12(3)17-18)6-7-15(19)16-8-9-20-5/h11H,6-10H2,1-5H3,(H,16,19). The van der Waals surface area contributed by atoms with E-state index >= 15 is 0 Å². The van der Waals surface area contributed by atoms with Crippen molar-refractivity contribution in [1.29, 1.82) is 0 Å². The van der Waals surface area contributed by atoms with Crippen LogP contribution in [0.3, 0.4) is 0 Å². The van der Waals surface area contributed by atoms with Gasteiger partial charge in [-0.2, -0.15) is 5.10 Å². The zero-order valence-electron chi connectivity index (χ0n) is 13.3. The number of amides is 1. The van der Waals surface area contributed by atoms with Gasteiger partial charge in [-0.15, -0.1) is 0 Å². The van der Waals surface area contributed by atoms with E-state index in [2.05, 4.69) is 35.9 Å². The van der Waals surface area contributed by atoms with Gasteiger partial charge in [-0.1, -0.05) is 13.8 Å². The molecule has 0 saturated heterocycles. The third-order valence-electron chi connectivity index (χ3n) is 3.30. The number of methoxy groups -OCH3 is 1. The van der Waals surface area contributed by atoms with Crippen molar-refractivity contribution in [2.24, 2.45) is 5.92 Å². The zero-order chi connectivity index (χ0) is 15.1. The molecule has 5 heteroatoms. The first-order valence-corrected chi connectivity index (χ1v) is 7.24. The summed E-state index contributed by atoms with van der Waals surface area (Å²) in [7, 11) is 1.63. The first-order valence-electron chi connectivity index (χ1n) is 7.24. The number of nitrogens with zero attached hydrogens (tertiary/aromatic N) is 2. The Balaban J connectivity index is 2.55. The number of nitrogens with one attached hydrogen (secondary N) is 1. The minimum atomic E-state index is 0.0671. The smallest absolute Gasteiger partial charge is 0.220 e. The molecule has 1 aromatic heterocycles. The lowest BCUT2D eigenvalue weighted by molar-refractivity contribution is -0.121. The second-order valence-electron chi connectivity index (χ2n) is 5.57. The van der Waals surface area contributed by atoms with Crippen LogP contribution in [0, 0.1) is 19.8 Å². The second-order valence-corrected chi connectivity index (χ2v) is 5.57. The molecule has 1 rings (SSSR count). The molecule has 0 atom stereocenters. The summed E-state index contributed by atoms with van der Waals surface area (Å²) in [5, 5.41) is 7.41. The summed E-state index contributed by atoms with van der Waals surface area (Å²) in [6.45, 7) is 10.5. The zero-order valence-corrected chi connectivity index (χ0v) is 13.3. The van der Waals surface area contributed by atoms with E-state index in [-0.39, 0.29) is 5.91 Å². The van der Waals surface area contributed by atoms with Gasteiger partial charge in [-0.25, -0.2) is 0 Å². The van der Waals surface area contributed by atoms with Crippen LogP contribution in [-0.2, 0) is 22.5 Å².